The van der Waals surface area contributed by atoms with Crippen molar-refractivity contribution >= 4 is 45.2 Å². The zero-order valence-corrected chi connectivity index (χ0v) is 13.0. The minimum Gasteiger partial charge on any atom is -0.382 e. The first-order chi connectivity index (χ1) is 11.2. The Balaban J connectivity index is 2.90. The van der Waals surface area contributed by atoms with E-state index in [2.05, 4.69) is 4.18 Å². The Labute approximate surface area is 137 Å². The lowest BCUT2D eigenvalue weighted by atomic mass is 10.1. The number of thiol groups is 1. The quantitative estimate of drug-likeness (QED) is 0.207. The summed E-state index contributed by atoms with van der Waals surface area (Å²) >= 11 is 0. The maximum atomic E-state index is 11.4. The largest absolute Gasteiger partial charge is 0.382 e. The molecule has 0 radical (unpaired) electrons. The maximum Gasteiger partial charge on any atom is 0.333 e. The van der Waals surface area contributed by atoms with E-state index >= 15 is 0 Å². The first kappa shape index (κ1) is 17.3. The van der Waals surface area contributed by atoms with E-state index in [1.54, 1.807) is 18.2 Å². The zero-order chi connectivity index (χ0) is 18.0. The lowest BCUT2D eigenvalue weighted by Crippen LogP contribution is -2.43. The van der Waals surface area contributed by atoms with E-state index in [1.807, 2.05) is 0 Å². The van der Waals surface area contributed by atoms with Gasteiger partial charge in [0.25, 0.3) is 11.0 Å². The smallest absolute Gasteiger partial charge is 0.333 e. The van der Waals surface area contributed by atoms with Crippen LogP contribution in [0.4, 0.5) is 21.0 Å². The number of hydrogen-bond acceptors (Lipinski definition) is 7. The lowest BCUT2D eigenvalue weighted by Gasteiger charge is -2.23. The van der Waals surface area contributed by atoms with Gasteiger partial charge in [0.05, 0.1) is 5.69 Å². The molecule has 0 saturated heterocycles. The van der Waals surface area contributed by atoms with Crippen LogP contribution in [0.5, 0.6) is 5.75 Å². The van der Waals surface area contributed by atoms with Crippen molar-refractivity contribution in [2.75, 3.05) is 10.0 Å². The van der Waals surface area contributed by atoms with Crippen molar-refractivity contribution in [3.8, 4) is 5.75 Å². The molecule has 8 N–H and O–H groups in total. The van der Waals surface area contributed by atoms with Crippen LogP contribution in [-0.2, 0) is 11.0 Å². The summed E-state index contributed by atoms with van der Waals surface area (Å²) in [5, 5.41) is 1.74. The normalized spacial score (nSPS) is 10.6. The molecule has 2 aromatic carbocycles. The molecular weight excluding hydrogens is 340 g/mol. The van der Waals surface area contributed by atoms with Gasteiger partial charge < -0.3 is 15.7 Å². The van der Waals surface area contributed by atoms with Gasteiger partial charge >= 0.3 is 12.1 Å². The van der Waals surface area contributed by atoms with Crippen LogP contribution in [-0.4, -0.2) is 20.5 Å². The van der Waals surface area contributed by atoms with Gasteiger partial charge in [0, 0.05) is 16.8 Å². The van der Waals surface area contributed by atoms with Crippen LogP contribution < -0.4 is 37.4 Å². The number of fused-ring (bicyclic) bond motifs is 1. The standard InChI is InChI=1S/C12H14N6O5S/c13-11(19)17(15)8-5-9(23-24(21)22)10(18(16)12(14)20)7-4-2-1-3-6(7)8/h1-5,24H,15-16H2,(H2,13,19)(H2,14,20). The van der Waals surface area contributed by atoms with Crippen LogP contribution >= 0.6 is 0 Å². The first-order valence-electron chi connectivity index (χ1n) is 6.30. The molecule has 0 aliphatic heterocycles. The van der Waals surface area contributed by atoms with Crippen molar-refractivity contribution in [2.45, 2.75) is 0 Å². The molecule has 0 heterocycles. The van der Waals surface area contributed by atoms with Gasteiger partial charge in [-0.25, -0.2) is 31.3 Å². The summed E-state index contributed by atoms with van der Waals surface area (Å²) in [5.41, 5.74) is 10.2. The lowest BCUT2D eigenvalue weighted by molar-refractivity contribution is 0.253. The average molecular weight is 354 g/mol. The number of benzene rings is 2. The molecule has 0 fully saturated rings. The number of hydrogen-bond donors (Lipinski definition) is 5. The molecule has 11 nitrogen and oxygen atoms in total. The number of nitrogens with zero attached hydrogens (tertiary/aromatic N) is 2. The molecule has 128 valence electrons. The fourth-order valence-corrected chi connectivity index (χ4v) is 2.44. The van der Waals surface area contributed by atoms with Gasteiger partial charge in [-0.2, -0.15) is 8.42 Å². The number of anilines is 2. The fourth-order valence-electron chi connectivity index (χ4n) is 2.14. The number of nitrogens with two attached hydrogens (primary N) is 4. The summed E-state index contributed by atoms with van der Waals surface area (Å²) in [6, 6.07) is 5.35. The molecule has 0 bridgehead atoms. The van der Waals surface area contributed by atoms with Crippen molar-refractivity contribution in [2.24, 2.45) is 23.2 Å². The van der Waals surface area contributed by atoms with Crippen LogP contribution in [0.15, 0.2) is 30.3 Å². The number of urea groups is 2. The van der Waals surface area contributed by atoms with Crippen LogP contribution in [0, 0.1) is 0 Å². The Kier molecular flexibility index (Phi) is 4.73. The van der Waals surface area contributed by atoms with Gasteiger partial charge in [-0.15, -0.1) is 0 Å². The highest BCUT2D eigenvalue weighted by molar-refractivity contribution is 7.67. The molecule has 2 aromatic rings. The summed E-state index contributed by atoms with van der Waals surface area (Å²) in [7, 11) is -3.35. The number of hydrazine groups is 2. The highest BCUT2D eigenvalue weighted by atomic mass is 32.2. The topological polar surface area (TPSA) is 188 Å². The van der Waals surface area contributed by atoms with Gasteiger partial charge in [0.15, 0.2) is 5.75 Å². The average Bonchev–Trinajstić information content (AvgIpc) is 2.52. The van der Waals surface area contributed by atoms with E-state index < -0.39 is 23.0 Å². The third-order valence-corrected chi connectivity index (χ3v) is 3.45. The highest BCUT2D eigenvalue weighted by Gasteiger charge is 2.23. The molecule has 0 aliphatic rings. The molecule has 0 saturated carbocycles. The predicted molar refractivity (Wildman–Crippen MR) is 87.4 cm³/mol. The number of amides is 4. The molecule has 2 rings (SSSR count). The SMILES string of the molecule is NC(=O)N(N)c1cc(O[SH](=O)=O)c(N(N)C(N)=O)c2ccccc12. The predicted octanol–water partition coefficient (Wildman–Crippen LogP) is -0.737. The molecule has 12 heteroatoms. The van der Waals surface area contributed by atoms with Gasteiger partial charge in [-0.05, 0) is 0 Å². The Bertz CT molecular complexity index is 891. The van der Waals surface area contributed by atoms with Crippen molar-refractivity contribution in [3.05, 3.63) is 30.3 Å². The zero-order valence-electron chi connectivity index (χ0n) is 12.1. The van der Waals surface area contributed by atoms with Gasteiger partial charge in [-0.1, -0.05) is 24.3 Å². The third kappa shape index (κ3) is 3.15. The molecule has 0 spiro atoms. The minimum atomic E-state index is -3.35. The van der Waals surface area contributed by atoms with Gasteiger partial charge in [0.2, 0.25) is 0 Å². The van der Waals surface area contributed by atoms with Gasteiger partial charge in [0.1, 0.15) is 5.69 Å². The van der Waals surface area contributed by atoms with Gasteiger partial charge in [-0.3, -0.25) is 0 Å². The second kappa shape index (κ2) is 6.57. The van der Waals surface area contributed by atoms with E-state index in [-0.39, 0.29) is 22.5 Å². The highest BCUT2D eigenvalue weighted by Crippen LogP contribution is 2.41. The van der Waals surface area contributed by atoms with Crippen LogP contribution in [0.1, 0.15) is 0 Å². The van der Waals surface area contributed by atoms with E-state index in [9.17, 15) is 18.0 Å². The molecular formula is C12H14N6O5S. The van der Waals surface area contributed by atoms with Crippen LogP contribution in [0.25, 0.3) is 10.8 Å². The number of carbonyl (C=O) groups excluding carboxylic acids is 2. The Morgan fingerprint density at radius 1 is 0.958 bits per heavy atom. The van der Waals surface area contributed by atoms with Crippen LogP contribution in [0.3, 0.4) is 0 Å². The monoisotopic (exact) mass is 354 g/mol. The van der Waals surface area contributed by atoms with Crippen molar-refractivity contribution in [1.29, 1.82) is 0 Å². The Morgan fingerprint density at radius 3 is 2.00 bits per heavy atom. The molecule has 24 heavy (non-hydrogen) atoms. The van der Waals surface area contributed by atoms with E-state index in [4.69, 9.17) is 23.2 Å². The second-order valence-corrected chi connectivity index (χ2v) is 5.15. The number of rotatable bonds is 4. The molecule has 0 aromatic heterocycles. The minimum absolute atomic E-state index is 0.0478. The third-order valence-electron chi connectivity index (χ3n) is 3.11. The number of carbonyl (C=O) groups is 2. The van der Waals surface area contributed by atoms with Crippen LogP contribution in [0.2, 0.25) is 0 Å². The molecule has 4 amide bonds. The summed E-state index contributed by atoms with van der Waals surface area (Å²) in [4.78, 5) is 22.8. The maximum absolute atomic E-state index is 11.4. The van der Waals surface area contributed by atoms with Crippen molar-refractivity contribution in [3.63, 3.8) is 0 Å². The summed E-state index contributed by atoms with van der Waals surface area (Å²) in [6.07, 6.45) is 0. The summed E-state index contributed by atoms with van der Waals surface area (Å²) in [6.45, 7) is 0. The summed E-state index contributed by atoms with van der Waals surface area (Å²) < 4.78 is 26.6. The molecule has 0 unspecified atom stereocenters. The Morgan fingerprint density at radius 2 is 1.50 bits per heavy atom. The van der Waals surface area contributed by atoms with E-state index in [0.29, 0.717) is 15.4 Å². The molecule has 0 atom stereocenters. The fraction of sp³-hybridized carbons (Fsp3) is 0. The summed E-state index contributed by atoms with van der Waals surface area (Å²) in [5.74, 6) is 10.9. The van der Waals surface area contributed by atoms with Crippen molar-refractivity contribution in [1.82, 2.24) is 0 Å². The molecule has 0 aliphatic carbocycles. The van der Waals surface area contributed by atoms with E-state index in [1.165, 1.54) is 6.07 Å². The van der Waals surface area contributed by atoms with E-state index in [0.717, 1.165) is 6.07 Å². The first-order valence-corrected chi connectivity index (χ1v) is 7.40. The van der Waals surface area contributed by atoms with Crippen molar-refractivity contribution < 1.29 is 22.2 Å². The number of primary amides is 2. The Hall–Kier alpha value is -3.09. The second-order valence-electron chi connectivity index (χ2n) is 4.52.